The van der Waals surface area contributed by atoms with Gasteiger partial charge in [-0.25, -0.2) is 0 Å². The Morgan fingerprint density at radius 2 is 2.00 bits per heavy atom. The maximum atomic E-state index is 8.71. The van der Waals surface area contributed by atoms with Crippen molar-refractivity contribution in [3.05, 3.63) is 0 Å². The van der Waals surface area contributed by atoms with Crippen molar-refractivity contribution in [3.8, 4) is 6.07 Å². The van der Waals surface area contributed by atoms with Gasteiger partial charge >= 0.3 is 0 Å². The zero-order valence-corrected chi connectivity index (χ0v) is 8.55. The molecule has 0 heterocycles. The fraction of sp³-hybridized carbons (Fsp3) is 0.900. The standard InChI is InChI=1S/C10H19NO/c1-9(2)12-7-5-6-10(3,4)8-11/h9H,5-7H2,1-4H3. The first-order valence-electron chi connectivity index (χ1n) is 4.51. The van der Waals surface area contributed by atoms with Gasteiger partial charge in [-0.2, -0.15) is 5.26 Å². The molecule has 0 aromatic rings. The van der Waals surface area contributed by atoms with E-state index in [2.05, 4.69) is 6.07 Å². The number of nitriles is 1. The van der Waals surface area contributed by atoms with Gasteiger partial charge in [-0.3, -0.25) is 0 Å². The largest absolute Gasteiger partial charge is 0.379 e. The summed E-state index contributed by atoms with van der Waals surface area (Å²) >= 11 is 0. The Balaban J connectivity index is 3.39. The van der Waals surface area contributed by atoms with E-state index in [9.17, 15) is 0 Å². The van der Waals surface area contributed by atoms with Crippen molar-refractivity contribution in [2.24, 2.45) is 5.41 Å². The van der Waals surface area contributed by atoms with Crippen LogP contribution in [-0.2, 0) is 4.74 Å². The molecule has 0 saturated carbocycles. The molecular formula is C10H19NO. The Morgan fingerprint density at radius 3 is 2.42 bits per heavy atom. The predicted molar refractivity (Wildman–Crippen MR) is 49.7 cm³/mol. The molecule has 0 aromatic carbocycles. The second kappa shape index (κ2) is 5.16. The number of rotatable bonds is 5. The van der Waals surface area contributed by atoms with Gasteiger partial charge in [0.15, 0.2) is 0 Å². The minimum atomic E-state index is -0.194. The first-order valence-corrected chi connectivity index (χ1v) is 4.51. The highest BCUT2D eigenvalue weighted by Gasteiger charge is 2.15. The van der Waals surface area contributed by atoms with Crippen LogP contribution in [0.25, 0.3) is 0 Å². The SMILES string of the molecule is CC(C)OCCCC(C)(C)C#N. The third kappa shape index (κ3) is 6.18. The van der Waals surface area contributed by atoms with Crippen LogP contribution >= 0.6 is 0 Å². The van der Waals surface area contributed by atoms with Crippen molar-refractivity contribution in [2.75, 3.05) is 6.61 Å². The summed E-state index contributed by atoms with van der Waals surface area (Å²) in [6.45, 7) is 8.73. The highest BCUT2D eigenvalue weighted by Crippen LogP contribution is 2.20. The summed E-state index contributed by atoms with van der Waals surface area (Å²) < 4.78 is 5.37. The van der Waals surface area contributed by atoms with Crippen LogP contribution in [0.5, 0.6) is 0 Å². The molecule has 0 aliphatic carbocycles. The van der Waals surface area contributed by atoms with Crippen molar-refractivity contribution in [1.29, 1.82) is 5.26 Å². The summed E-state index contributed by atoms with van der Waals surface area (Å²) in [5.74, 6) is 0. The third-order valence-corrected chi connectivity index (χ3v) is 1.70. The monoisotopic (exact) mass is 169 g/mol. The van der Waals surface area contributed by atoms with E-state index in [0.717, 1.165) is 19.4 Å². The predicted octanol–water partition coefficient (Wildman–Crippen LogP) is 2.74. The average molecular weight is 169 g/mol. The van der Waals surface area contributed by atoms with Crippen LogP contribution in [0.15, 0.2) is 0 Å². The van der Waals surface area contributed by atoms with Crippen LogP contribution in [0.4, 0.5) is 0 Å². The van der Waals surface area contributed by atoms with Crippen molar-refractivity contribution in [1.82, 2.24) is 0 Å². The molecule has 0 spiro atoms. The zero-order chi connectivity index (χ0) is 9.61. The Labute approximate surface area is 75.5 Å². The minimum absolute atomic E-state index is 0.194. The zero-order valence-electron chi connectivity index (χ0n) is 8.55. The number of hydrogen-bond acceptors (Lipinski definition) is 2. The van der Waals surface area contributed by atoms with E-state index in [-0.39, 0.29) is 5.41 Å². The fourth-order valence-corrected chi connectivity index (χ4v) is 0.889. The number of hydrogen-bond donors (Lipinski definition) is 0. The van der Waals surface area contributed by atoms with Crippen molar-refractivity contribution in [2.45, 2.75) is 46.6 Å². The van der Waals surface area contributed by atoms with E-state index in [1.54, 1.807) is 0 Å². The van der Waals surface area contributed by atoms with E-state index >= 15 is 0 Å². The summed E-state index contributed by atoms with van der Waals surface area (Å²) in [5, 5.41) is 8.71. The Kier molecular flexibility index (Phi) is 4.92. The topological polar surface area (TPSA) is 33.0 Å². The quantitative estimate of drug-likeness (QED) is 0.593. The molecule has 2 nitrogen and oxygen atoms in total. The van der Waals surface area contributed by atoms with Crippen LogP contribution in [0.3, 0.4) is 0 Å². The van der Waals surface area contributed by atoms with E-state index < -0.39 is 0 Å². The average Bonchev–Trinajstić information content (AvgIpc) is 1.98. The van der Waals surface area contributed by atoms with E-state index in [1.807, 2.05) is 27.7 Å². The lowest BCUT2D eigenvalue weighted by Crippen LogP contribution is -2.11. The molecule has 12 heavy (non-hydrogen) atoms. The van der Waals surface area contributed by atoms with Crippen molar-refractivity contribution >= 4 is 0 Å². The number of nitrogens with zero attached hydrogens (tertiary/aromatic N) is 1. The highest BCUT2D eigenvalue weighted by molar-refractivity contribution is 4.91. The molecule has 0 N–H and O–H groups in total. The maximum absolute atomic E-state index is 8.71. The Morgan fingerprint density at radius 1 is 1.42 bits per heavy atom. The second-order valence-corrected chi connectivity index (χ2v) is 4.02. The van der Waals surface area contributed by atoms with E-state index in [4.69, 9.17) is 10.00 Å². The molecule has 0 bridgehead atoms. The van der Waals surface area contributed by atoms with Crippen molar-refractivity contribution in [3.63, 3.8) is 0 Å². The lowest BCUT2D eigenvalue weighted by molar-refractivity contribution is 0.0725. The van der Waals surface area contributed by atoms with Gasteiger partial charge < -0.3 is 4.74 Å². The van der Waals surface area contributed by atoms with Gasteiger partial charge in [0, 0.05) is 6.61 Å². The Bertz CT molecular complexity index is 156. The third-order valence-electron chi connectivity index (χ3n) is 1.70. The number of ether oxygens (including phenoxy) is 1. The first kappa shape index (κ1) is 11.4. The maximum Gasteiger partial charge on any atom is 0.0683 e. The summed E-state index contributed by atoms with van der Waals surface area (Å²) in [5.41, 5.74) is -0.194. The van der Waals surface area contributed by atoms with Gasteiger partial charge in [-0.1, -0.05) is 0 Å². The van der Waals surface area contributed by atoms with Gasteiger partial charge in [-0.15, -0.1) is 0 Å². The summed E-state index contributed by atoms with van der Waals surface area (Å²) in [7, 11) is 0. The van der Waals surface area contributed by atoms with Gasteiger partial charge in [0.25, 0.3) is 0 Å². The molecule has 0 atom stereocenters. The highest BCUT2D eigenvalue weighted by atomic mass is 16.5. The van der Waals surface area contributed by atoms with Crippen LogP contribution in [0.2, 0.25) is 0 Å². The molecule has 0 rings (SSSR count). The van der Waals surface area contributed by atoms with Crippen LogP contribution < -0.4 is 0 Å². The van der Waals surface area contributed by atoms with Gasteiger partial charge in [0.05, 0.1) is 17.6 Å². The smallest absolute Gasteiger partial charge is 0.0683 e. The molecule has 0 saturated heterocycles. The van der Waals surface area contributed by atoms with Crippen molar-refractivity contribution < 1.29 is 4.74 Å². The normalized spacial score (nSPS) is 11.7. The first-order chi connectivity index (χ1) is 5.48. The molecule has 0 unspecified atom stereocenters. The van der Waals surface area contributed by atoms with Crippen LogP contribution in [0, 0.1) is 16.7 Å². The second-order valence-electron chi connectivity index (χ2n) is 4.02. The lowest BCUT2D eigenvalue weighted by Gasteiger charge is -2.15. The molecular weight excluding hydrogens is 150 g/mol. The summed E-state index contributed by atoms with van der Waals surface area (Å²) in [6, 6.07) is 2.27. The summed E-state index contributed by atoms with van der Waals surface area (Å²) in [4.78, 5) is 0. The molecule has 0 aliphatic rings. The lowest BCUT2D eigenvalue weighted by atomic mass is 9.90. The minimum Gasteiger partial charge on any atom is -0.379 e. The molecule has 0 aromatic heterocycles. The molecule has 0 aliphatic heterocycles. The van der Waals surface area contributed by atoms with Crippen LogP contribution in [0.1, 0.15) is 40.5 Å². The van der Waals surface area contributed by atoms with Gasteiger partial charge in [0.2, 0.25) is 0 Å². The van der Waals surface area contributed by atoms with E-state index in [1.165, 1.54) is 0 Å². The van der Waals surface area contributed by atoms with E-state index in [0.29, 0.717) is 6.10 Å². The summed E-state index contributed by atoms with van der Waals surface area (Å²) in [6.07, 6.45) is 2.18. The molecule has 0 radical (unpaired) electrons. The molecule has 70 valence electrons. The fourth-order valence-electron chi connectivity index (χ4n) is 0.889. The van der Waals surface area contributed by atoms with Gasteiger partial charge in [-0.05, 0) is 40.5 Å². The molecule has 0 amide bonds. The Hall–Kier alpha value is -0.550. The van der Waals surface area contributed by atoms with Crippen LogP contribution in [-0.4, -0.2) is 12.7 Å². The molecule has 0 fully saturated rings. The van der Waals surface area contributed by atoms with Gasteiger partial charge in [0.1, 0.15) is 0 Å². The molecule has 2 heteroatoms.